The summed E-state index contributed by atoms with van der Waals surface area (Å²) in [5, 5.41) is 6.30. The number of hydrogen-bond donors (Lipinski definition) is 2. The fourth-order valence-corrected chi connectivity index (χ4v) is 3.67. The van der Waals surface area contributed by atoms with Gasteiger partial charge in [0.25, 0.3) is 0 Å². The molecule has 140 valence electrons. The highest BCUT2D eigenvalue weighted by Gasteiger charge is 2.21. The van der Waals surface area contributed by atoms with Gasteiger partial charge in [0.1, 0.15) is 11.6 Å². The molecule has 5 nitrogen and oxygen atoms in total. The van der Waals surface area contributed by atoms with Crippen molar-refractivity contribution in [3.8, 4) is 11.4 Å². The van der Waals surface area contributed by atoms with Crippen molar-refractivity contribution in [1.29, 1.82) is 0 Å². The highest BCUT2D eigenvalue weighted by molar-refractivity contribution is 5.95. The predicted molar refractivity (Wildman–Crippen MR) is 105 cm³/mol. The van der Waals surface area contributed by atoms with E-state index in [4.69, 9.17) is 0 Å². The average molecular weight is 366 g/mol. The second kappa shape index (κ2) is 7.12. The van der Waals surface area contributed by atoms with E-state index in [1.165, 1.54) is 12.1 Å². The van der Waals surface area contributed by atoms with Gasteiger partial charge in [-0.05, 0) is 62.2 Å². The van der Waals surface area contributed by atoms with Crippen LogP contribution in [-0.4, -0.2) is 28.0 Å². The van der Waals surface area contributed by atoms with Gasteiger partial charge in [-0.3, -0.25) is 4.79 Å². The van der Waals surface area contributed by atoms with Crippen LogP contribution in [0.15, 0.2) is 36.4 Å². The summed E-state index contributed by atoms with van der Waals surface area (Å²) in [7, 11) is 1.92. The molecule has 0 aliphatic carbocycles. The molecule has 1 aromatic heterocycles. The van der Waals surface area contributed by atoms with Crippen LogP contribution in [-0.2, 0) is 11.8 Å². The first-order valence-corrected chi connectivity index (χ1v) is 9.30. The lowest BCUT2D eigenvalue weighted by Crippen LogP contribution is -2.43. The fraction of sp³-hybridized carbons (Fsp3) is 0.333. The van der Waals surface area contributed by atoms with Crippen LogP contribution in [0.2, 0.25) is 0 Å². The van der Waals surface area contributed by atoms with E-state index in [0.29, 0.717) is 5.52 Å². The Labute approximate surface area is 157 Å². The maximum atomic E-state index is 13.5. The number of aryl methyl sites for hydroxylation is 2. The smallest absolute Gasteiger partial charge is 0.241 e. The van der Waals surface area contributed by atoms with Crippen LogP contribution >= 0.6 is 0 Å². The number of aromatic nitrogens is 2. The number of anilines is 1. The van der Waals surface area contributed by atoms with Gasteiger partial charge in [-0.1, -0.05) is 6.42 Å². The van der Waals surface area contributed by atoms with Crippen LogP contribution < -0.4 is 10.6 Å². The van der Waals surface area contributed by atoms with E-state index in [-0.39, 0.29) is 17.8 Å². The van der Waals surface area contributed by atoms with E-state index in [1.54, 1.807) is 6.07 Å². The summed E-state index contributed by atoms with van der Waals surface area (Å²) in [5.41, 5.74) is 4.21. The van der Waals surface area contributed by atoms with E-state index in [2.05, 4.69) is 15.6 Å². The lowest BCUT2D eigenvalue weighted by Gasteiger charge is -2.23. The molecular formula is C21H23FN4O. The highest BCUT2D eigenvalue weighted by Crippen LogP contribution is 2.27. The number of benzene rings is 2. The molecule has 1 saturated heterocycles. The summed E-state index contributed by atoms with van der Waals surface area (Å²) in [6.45, 7) is 2.86. The molecule has 1 aliphatic rings. The Hall–Kier alpha value is -2.73. The Bertz CT molecular complexity index is 1000. The maximum Gasteiger partial charge on any atom is 0.241 e. The number of hydrogen-bond acceptors (Lipinski definition) is 3. The van der Waals surface area contributed by atoms with Crippen LogP contribution in [0.1, 0.15) is 24.8 Å². The third-order valence-electron chi connectivity index (χ3n) is 5.21. The van der Waals surface area contributed by atoms with Crippen LogP contribution in [0.5, 0.6) is 0 Å². The predicted octanol–water partition coefficient (Wildman–Crippen LogP) is 3.77. The number of nitrogens with one attached hydrogen (secondary N) is 2. The summed E-state index contributed by atoms with van der Waals surface area (Å²) in [4.78, 5) is 17.0. The van der Waals surface area contributed by atoms with Crippen molar-refractivity contribution < 1.29 is 9.18 Å². The van der Waals surface area contributed by atoms with Crippen LogP contribution in [0.3, 0.4) is 0 Å². The van der Waals surface area contributed by atoms with Crippen LogP contribution in [0.25, 0.3) is 22.4 Å². The first kappa shape index (κ1) is 17.7. The molecule has 0 spiro atoms. The molecule has 2 heterocycles. The van der Waals surface area contributed by atoms with Gasteiger partial charge in [0, 0.05) is 24.4 Å². The van der Waals surface area contributed by atoms with Crippen LogP contribution in [0, 0.1) is 12.7 Å². The summed E-state index contributed by atoms with van der Waals surface area (Å²) < 4.78 is 15.4. The van der Waals surface area contributed by atoms with Gasteiger partial charge < -0.3 is 15.2 Å². The lowest BCUT2D eigenvalue weighted by molar-refractivity contribution is -0.118. The molecule has 1 aliphatic heterocycles. The topological polar surface area (TPSA) is 59.0 Å². The number of rotatable bonds is 3. The molecule has 6 heteroatoms. The fourth-order valence-electron chi connectivity index (χ4n) is 3.67. The SMILES string of the molecule is Cc1cc(-c2nc3cc(F)ccc3n2C)ccc1NC(=O)[C@H]1CCCCN1. The van der Waals surface area contributed by atoms with Crippen molar-refractivity contribution in [2.75, 3.05) is 11.9 Å². The molecule has 2 aromatic carbocycles. The largest absolute Gasteiger partial charge is 0.327 e. The van der Waals surface area contributed by atoms with Crippen molar-refractivity contribution in [3.63, 3.8) is 0 Å². The highest BCUT2D eigenvalue weighted by atomic mass is 19.1. The van der Waals surface area contributed by atoms with E-state index >= 15 is 0 Å². The Balaban J connectivity index is 1.60. The minimum absolute atomic E-state index is 0.0174. The molecule has 27 heavy (non-hydrogen) atoms. The zero-order valence-corrected chi connectivity index (χ0v) is 15.6. The van der Waals surface area contributed by atoms with E-state index < -0.39 is 0 Å². The maximum absolute atomic E-state index is 13.5. The third kappa shape index (κ3) is 3.45. The van der Waals surface area contributed by atoms with E-state index in [1.807, 2.05) is 36.7 Å². The minimum Gasteiger partial charge on any atom is -0.327 e. The Morgan fingerprint density at radius 2 is 2.11 bits per heavy atom. The van der Waals surface area contributed by atoms with Gasteiger partial charge in [0.2, 0.25) is 5.91 Å². The van der Waals surface area contributed by atoms with Gasteiger partial charge in [-0.25, -0.2) is 9.37 Å². The standard InChI is InChI=1S/C21H23FN4O/c1-13-11-14(20-24-18-12-15(22)7-9-19(18)26(20)2)6-8-16(13)25-21(27)17-5-3-4-10-23-17/h6-9,11-12,17,23H,3-5,10H2,1-2H3,(H,25,27)/t17-/m1/s1. The number of amides is 1. The Morgan fingerprint density at radius 1 is 1.26 bits per heavy atom. The molecule has 1 atom stereocenters. The average Bonchev–Trinajstić information content (AvgIpc) is 3.00. The number of carbonyl (C=O) groups is 1. The van der Waals surface area contributed by atoms with Crippen molar-refractivity contribution >= 4 is 22.6 Å². The zero-order valence-electron chi connectivity index (χ0n) is 15.6. The van der Waals surface area contributed by atoms with E-state index in [9.17, 15) is 9.18 Å². The van der Waals surface area contributed by atoms with Crippen molar-refractivity contribution in [2.24, 2.45) is 7.05 Å². The monoisotopic (exact) mass is 366 g/mol. The molecule has 1 fully saturated rings. The minimum atomic E-state index is -0.294. The molecule has 0 radical (unpaired) electrons. The molecule has 3 aromatic rings. The second-order valence-corrected chi connectivity index (χ2v) is 7.15. The lowest BCUT2D eigenvalue weighted by atomic mass is 10.0. The zero-order chi connectivity index (χ0) is 19.0. The van der Waals surface area contributed by atoms with Gasteiger partial charge in [-0.2, -0.15) is 0 Å². The summed E-state index contributed by atoms with van der Waals surface area (Å²) in [6.07, 6.45) is 3.08. The second-order valence-electron chi connectivity index (χ2n) is 7.15. The first-order chi connectivity index (χ1) is 13.0. The van der Waals surface area contributed by atoms with Gasteiger partial charge in [0.15, 0.2) is 0 Å². The normalized spacial score (nSPS) is 17.2. The molecule has 0 unspecified atom stereocenters. The van der Waals surface area contributed by atoms with Gasteiger partial charge in [0.05, 0.1) is 17.1 Å². The van der Waals surface area contributed by atoms with Gasteiger partial charge >= 0.3 is 0 Å². The van der Waals surface area contributed by atoms with E-state index in [0.717, 1.165) is 54.0 Å². The van der Waals surface area contributed by atoms with Crippen LogP contribution in [0.4, 0.5) is 10.1 Å². The summed E-state index contributed by atoms with van der Waals surface area (Å²) in [6, 6.07) is 10.3. The van der Waals surface area contributed by atoms with Crippen molar-refractivity contribution in [3.05, 3.63) is 47.8 Å². The number of fused-ring (bicyclic) bond motifs is 1. The van der Waals surface area contributed by atoms with Crippen molar-refractivity contribution in [1.82, 2.24) is 14.9 Å². The number of nitrogens with zero attached hydrogens (tertiary/aromatic N) is 2. The molecule has 0 bridgehead atoms. The number of piperidine rings is 1. The number of imidazole rings is 1. The molecule has 1 amide bonds. The quantitative estimate of drug-likeness (QED) is 0.742. The molecule has 2 N–H and O–H groups in total. The molecular weight excluding hydrogens is 343 g/mol. The third-order valence-corrected chi connectivity index (χ3v) is 5.21. The number of halogens is 1. The van der Waals surface area contributed by atoms with Crippen molar-refractivity contribution in [2.45, 2.75) is 32.2 Å². The van der Waals surface area contributed by atoms with Gasteiger partial charge in [-0.15, -0.1) is 0 Å². The molecule has 0 saturated carbocycles. The molecule has 4 rings (SSSR count). The Kier molecular flexibility index (Phi) is 4.66. The summed E-state index contributed by atoms with van der Waals surface area (Å²) >= 11 is 0. The summed E-state index contributed by atoms with van der Waals surface area (Å²) in [5.74, 6) is 0.493. The number of carbonyl (C=O) groups excluding carboxylic acids is 1. The first-order valence-electron chi connectivity index (χ1n) is 9.30. The Morgan fingerprint density at radius 3 is 2.85 bits per heavy atom.